The minimum atomic E-state index is -3.83. The van der Waals surface area contributed by atoms with E-state index >= 15 is 0 Å². The number of hydrazine groups is 1. The Balaban J connectivity index is 2.17. The van der Waals surface area contributed by atoms with Crippen LogP contribution in [-0.2, 0) is 10.0 Å². The van der Waals surface area contributed by atoms with Crippen molar-refractivity contribution in [3.8, 4) is 0 Å². The molecule has 27 heavy (non-hydrogen) atoms. The van der Waals surface area contributed by atoms with E-state index in [-0.39, 0.29) is 15.6 Å². The van der Waals surface area contributed by atoms with Crippen molar-refractivity contribution in [2.45, 2.75) is 25.7 Å². The number of hydrogen-bond donors (Lipinski definition) is 4. The Kier molecular flexibility index (Phi) is 6.75. The SMILES string of the molecule is CCNC(=S)NNC(=O)c1cccc(S(=O)(=O)Nc2ccc(C)cc2C)c1. The van der Waals surface area contributed by atoms with Gasteiger partial charge in [0, 0.05) is 12.1 Å². The zero-order valence-electron chi connectivity index (χ0n) is 15.3. The number of rotatable bonds is 5. The molecule has 0 saturated carbocycles. The number of amides is 1. The highest BCUT2D eigenvalue weighted by molar-refractivity contribution is 7.92. The van der Waals surface area contributed by atoms with E-state index in [0.717, 1.165) is 11.1 Å². The van der Waals surface area contributed by atoms with Gasteiger partial charge in [0.2, 0.25) is 0 Å². The van der Waals surface area contributed by atoms with Crippen molar-refractivity contribution in [1.29, 1.82) is 0 Å². The maximum absolute atomic E-state index is 12.7. The molecule has 2 rings (SSSR count). The van der Waals surface area contributed by atoms with Gasteiger partial charge in [0.25, 0.3) is 15.9 Å². The van der Waals surface area contributed by atoms with Crippen molar-refractivity contribution in [3.05, 3.63) is 59.2 Å². The predicted octanol–water partition coefficient (Wildman–Crippen LogP) is 2.23. The molecule has 0 unspecified atom stereocenters. The molecule has 0 heterocycles. The molecule has 0 fully saturated rings. The monoisotopic (exact) mass is 406 g/mol. The minimum absolute atomic E-state index is 0.00983. The molecule has 4 N–H and O–H groups in total. The summed E-state index contributed by atoms with van der Waals surface area (Å²) in [7, 11) is -3.83. The first-order valence-corrected chi connectivity index (χ1v) is 10.2. The molecule has 7 nitrogen and oxygen atoms in total. The van der Waals surface area contributed by atoms with Crippen molar-refractivity contribution in [1.82, 2.24) is 16.2 Å². The number of carbonyl (C=O) groups is 1. The van der Waals surface area contributed by atoms with Gasteiger partial charge in [-0.1, -0.05) is 23.8 Å². The lowest BCUT2D eigenvalue weighted by Gasteiger charge is -2.13. The lowest BCUT2D eigenvalue weighted by molar-refractivity contribution is 0.0943. The molecule has 2 aromatic carbocycles. The van der Waals surface area contributed by atoms with Crippen molar-refractivity contribution in [2.24, 2.45) is 0 Å². The summed E-state index contributed by atoms with van der Waals surface area (Å²) in [6.45, 7) is 6.24. The third kappa shape index (κ3) is 5.66. The van der Waals surface area contributed by atoms with E-state index in [9.17, 15) is 13.2 Å². The zero-order chi connectivity index (χ0) is 20.0. The predicted molar refractivity (Wildman–Crippen MR) is 110 cm³/mol. The topological polar surface area (TPSA) is 99.3 Å². The summed E-state index contributed by atoms with van der Waals surface area (Å²) >= 11 is 4.96. The molecule has 0 bridgehead atoms. The summed E-state index contributed by atoms with van der Waals surface area (Å²) in [4.78, 5) is 12.2. The van der Waals surface area contributed by atoms with E-state index in [4.69, 9.17) is 12.2 Å². The minimum Gasteiger partial charge on any atom is -0.362 e. The summed E-state index contributed by atoms with van der Waals surface area (Å²) in [6.07, 6.45) is 0. The van der Waals surface area contributed by atoms with E-state index < -0.39 is 15.9 Å². The molecular formula is C18H22N4O3S2. The molecule has 0 aromatic heterocycles. The van der Waals surface area contributed by atoms with Gasteiger partial charge in [-0.3, -0.25) is 20.4 Å². The van der Waals surface area contributed by atoms with Gasteiger partial charge < -0.3 is 5.32 Å². The summed E-state index contributed by atoms with van der Waals surface area (Å²) in [6, 6.07) is 11.2. The van der Waals surface area contributed by atoms with Gasteiger partial charge in [-0.15, -0.1) is 0 Å². The van der Waals surface area contributed by atoms with Gasteiger partial charge in [-0.2, -0.15) is 0 Å². The smallest absolute Gasteiger partial charge is 0.269 e. The van der Waals surface area contributed by atoms with Crippen LogP contribution in [0.3, 0.4) is 0 Å². The number of sulfonamides is 1. The number of anilines is 1. The molecule has 0 radical (unpaired) electrons. The van der Waals surface area contributed by atoms with Crippen LogP contribution in [0.2, 0.25) is 0 Å². The van der Waals surface area contributed by atoms with Gasteiger partial charge in [0.1, 0.15) is 0 Å². The molecule has 0 saturated heterocycles. The molecule has 0 atom stereocenters. The number of hydrogen-bond acceptors (Lipinski definition) is 4. The van der Waals surface area contributed by atoms with E-state index in [1.54, 1.807) is 6.07 Å². The molecule has 144 valence electrons. The number of nitrogens with one attached hydrogen (secondary N) is 4. The van der Waals surface area contributed by atoms with E-state index in [0.29, 0.717) is 12.2 Å². The fraction of sp³-hybridized carbons (Fsp3) is 0.222. The lowest BCUT2D eigenvalue weighted by Crippen LogP contribution is -2.46. The number of benzene rings is 2. The van der Waals surface area contributed by atoms with Crippen molar-refractivity contribution in [2.75, 3.05) is 11.3 Å². The highest BCUT2D eigenvalue weighted by atomic mass is 32.2. The van der Waals surface area contributed by atoms with Gasteiger partial charge >= 0.3 is 0 Å². The average Bonchev–Trinajstić information content (AvgIpc) is 2.62. The molecular weight excluding hydrogens is 384 g/mol. The van der Waals surface area contributed by atoms with Crippen LogP contribution < -0.4 is 20.9 Å². The Labute approximate surface area is 164 Å². The van der Waals surface area contributed by atoms with Gasteiger partial charge in [0.05, 0.1) is 10.6 Å². The maximum atomic E-state index is 12.7. The second-order valence-electron chi connectivity index (χ2n) is 5.89. The fourth-order valence-electron chi connectivity index (χ4n) is 2.33. The Morgan fingerprint density at radius 2 is 1.81 bits per heavy atom. The first-order chi connectivity index (χ1) is 12.7. The van der Waals surface area contributed by atoms with Gasteiger partial charge in [-0.05, 0) is 62.8 Å². The standard InChI is InChI=1S/C18H22N4O3S2/c1-4-19-18(26)21-20-17(23)14-6-5-7-15(11-14)27(24,25)22-16-9-8-12(2)10-13(16)3/h5-11,22H,4H2,1-3H3,(H,20,23)(H2,19,21,26). The number of carbonyl (C=O) groups excluding carboxylic acids is 1. The molecule has 0 spiro atoms. The summed E-state index contributed by atoms with van der Waals surface area (Å²) < 4.78 is 27.9. The number of aryl methyl sites for hydroxylation is 2. The van der Waals surface area contributed by atoms with Gasteiger partial charge in [-0.25, -0.2) is 8.42 Å². The second-order valence-corrected chi connectivity index (χ2v) is 7.98. The summed E-state index contributed by atoms with van der Waals surface area (Å²) in [5.41, 5.74) is 7.50. The highest BCUT2D eigenvalue weighted by Gasteiger charge is 2.17. The molecule has 2 aromatic rings. The third-order valence-electron chi connectivity index (χ3n) is 3.66. The Morgan fingerprint density at radius 3 is 2.48 bits per heavy atom. The molecule has 1 amide bonds. The Morgan fingerprint density at radius 1 is 1.07 bits per heavy atom. The number of thiocarbonyl (C=S) groups is 1. The quantitative estimate of drug-likeness (QED) is 0.449. The fourth-order valence-corrected chi connectivity index (χ4v) is 3.70. The highest BCUT2D eigenvalue weighted by Crippen LogP contribution is 2.21. The van der Waals surface area contributed by atoms with Crippen LogP contribution in [0.1, 0.15) is 28.4 Å². The van der Waals surface area contributed by atoms with Crippen molar-refractivity contribution < 1.29 is 13.2 Å². The Bertz CT molecular complexity index is 959. The maximum Gasteiger partial charge on any atom is 0.269 e. The lowest BCUT2D eigenvalue weighted by atomic mass is 10.1. The summed E-state index contributed by atoms with van der Waals surface area (Å²) in [5, 5.41) is 3.09. The van der Waals surface area contributed by atoms with E-state index in [1.807, 2.05) is 32.9 Å². The largest absolute Gasteiger partial charge is 0.362 e. The first kappa shape index (κ1) is 20.7. The summed E-state index contributed by atoms with van der Waals surface area (Å²) in [5.74, 6) is -0.501. The molecule has 9 heteroatoms. The molecule has 0 aliphatic heterocycles. The van der Waals surface area contributed by atoms with Crippen LogP contribution in [0.4, 0.5) is 5.69 Å². The normalized spacial score (nSPS) is 10.8. The second kappa shape index (κ2) is 8.83. The van der Waals surface area contributed by atoms with Crippen LogP contribution in [-0.4, -0.2) is 26.0 Å². The van der Waals surface area contributed by atoms with Gasteiger partial charge in [0.15, 0.2) is 5.11 Å². The van der Waals surface area contributed by atoms with Crippen molar-refractivity contribution in [3.63, 3.8) is 0 Å². The molecule has 0 aliphatic carbocycles. The zero-order valence-corrected chi connectivity index (χ0v) is 16.9. The van der Waals surface area contributed by atoms with Crippen molar-refractivity contribution >= 4 is 38.9 Å². The van der Waals surface area contributed by atoms with Crippen LogP contribution in [0, 0.1) is 13.8 Å². The third-order valence-corrected chi connectivity index (χ3v) is 5.27. The first-order valence-electron chi connectivity index (χ1n) is 8.27. The van der Waals surface area contributed by atoms with E-state index in [2.05, 4.69) is 20.9 Å². The van der Waals surface area contributed by atoms with Crippen LogP contribution in [0.15, 0.2) is 47.4 Å². The van der Waals surface area contributed by atoms with Crippen LogP contribution >= 0.6 is 12.2 Å². The average molecular weight is 407 g/mol. The van der Waals surface area contributed by atoms with Crippen LogP contribution in [0.25, 0.3) is 0 Å². The van der Waals surface area contributed by atoms with Crippen LogP contribution in [0.5, 0.6) is 0 Å². The Hall–Kier alpha value is -2.65. The van der Waals surface area contributed by atoms with E-state index in [1.165, 1.54) is 24.3 Å². The molecule has 0 aliphatic rings.